The van der Waals surface area contributed by atoms with Crippen molar-refractivity contribution in [3.05, 3.63) is 24.3 Å². The van der Waals surface area contributed by atoms with Crippen molar-refractivity contribution in [3.63, 3.8) is 0 Å². The first-order valence-corrected chi connectivity index (χ1v) is 7.03. The fourth-order valence-electron chi connectivity index (χ4n) is 3.25. The molecule has 5 heteroatoms. The Hall–Kier alpha value is -1.26. The van der Waals surface area contributed by atoms with Crippen LogP contribution in [0.5, 0.6) is 5.75 Å². The highest BCUT2D eigenvalue weighted by molar-refractivity contribution is 5.95. The molecular formula is C15H21ClN2O2. The number of hydrogen-bond acceptors (Lipinski definition) is 3. The lowest BCUT2D eigenvalue weighted by atomic mass is 10.1. The first kappa shape index (κ1) is 15.1. The molecule has 0 spiro atoms. The van der Waals surface area contributed by atoms with Crippen molar-refractivity contribution in [3.8, 4) is 5.75 Å². The molecule has 3 rings (SSSR count). The Bertz CT molecular complexity index is 453. The number of nitrogens with two attached hydrogens (primary N) is 1. The number of amides is 1. The van der Waals surface area contributed by atoms with Gasteiger partial charge in [0.15, 0.2) is 0 Å². The number of carbonyl (C=O) groups excluding carboxylic acids is 1. The van der Waals surface area contributed by atoms with Crippen molar-refractivity contribution >= 4 is 24.0 Å². The molecule has 1 amide bonds. The van der Waals surface area contributed by atoms with E-state index < -0.39 is 0 Å². The van der Waals surface area contributed by atoms with E-state index in [1.165, 1.54) is 19.3 Å². The van der Waals surface area contributed by atoms with Gasteiger partial charge in [-0.05, 0) is 48.9 Å². The van der Waals surface area contributed by atoms with Gasteiger partial charge in [-0.1, -0.05) is 6.42 Å². The maximum atomic E-state index is 12.1. The normalized spacial score (nSPS) is 26.4. The molecule has 2 saturated carbocycles. The molecule has 2 fully saturated rings. The minimum absolute atomic E-state index is 0. The fraction of sp³-hybridized carbons (Fsp3) is 0.533. The van der Waals surface area contributed by atoms with E-state index in [0.29, 0.717) is 25.0 Å². The summed E-state index contributed by atoms with van der Waals surface area (Å²) in [5.41, 5.74) is 6.22. The molecular weight excluding hydrogens is 276 g/mol. The molecule has 0 saturated heterocycles. The van der Waals surface area contributed by atoms with Gasteiger partial charge in [-0.3, -0.25) is 4.79 Å². The van der Waals surface area contributed by atoms with Gasteiger partial charge < -0.3 is 15.8 Å². The topological polar surface area (TPSA) is 64.3 Å². The van der Waals surface area contributed by atoms with Crippen LogP contribution in [-0.4, -0.2) is 19.1 Å². The molecule has 1 aromatic rings. The van der Waals surface area contributed by atoms with Crippen LogP contribution >= 0.6 is 12.4 Å². The van der Waals surface area contributed by atoms with Gasteiger partial charge in [0, 0.05) is 18.2 Å². The minimum Gasteiger partial charge on any atom is -0.492 e. The van der Waals surface area contributed by atoms with Gasteiger partial charge in [-0.2, -0.15) is 0 Å². The lowest BCUT2D eigenvalue weighted by Gasteiger charge is -2.08. The van der Waals surface area contributed by atoms with Crippen molar-refractivity contribution in [2.75, 3.05) is 18.5 Å². The number of halogens is 1. The van der Waals surface area contributed by atoms with Crippen molar-refractivity contribution in [1.29, 1.82) is 0 Å². The number of ether oxygens (including phenoxy) is 1. The average molecular weight is 297 g/mol. The predicted octanol–water partition coefficient (Wildman–Crippen LogP) is 2.43. The number of rotatable bonds is 5. The van der Waals surface area contributed by atoms with E-state index in [2.05, 4.69) is 5.32 Å². The van der Waals surface area contributed by atoms with Crippen LogP contribution in [0.4, 0.5) is 5.69 Å². The summed E-state index contributed by atoms with van der Waals surface area (Å²) in [5, 5.41) is 3.00. The number of anilines is 1. The third-order valence-electron chi connectivity index (χ3n) is 4.22. The van der Waals surface area contributed by atoms with Crippen molar-refractivity contribution < 1.29 is 9.53 Å². The van der Waals surface area contributed by atoms with Crippen LogP contribution in [0.15, 0.2) is 24.3 Å². The van der Waals surface area contributed by atoms with Crippen LogP contribution in [-0.2, 0) is 4.79 Å². The molecule has 0 radical (unpaired) electrons. The standard InChI is InChI=1S/C15H20N2O2.ClH/c16-8-9-19-11-6-4-10(5-7-11)17-15(18)14-12-2-1-3-13(12)14;/h4-7,12-14H,1-3,8-9,16H2,(H,17,18);1H. The van der Waals surface area contributed by atoms with Crippen LogP contribution in [0.3, 0.4) is 0 Å². The predicted molar refractivity (Wildman–Crippen MR) is 81.2 cm³/mol. The van der Waals surface area contributed by atoms with Crippen LogP contribution < -0.4 is 15.8 Å². The molecule has 20 heavy (non-hydrogen) atoms. The summed E-state index contributed by atoms with van der Waals surface area (Å²) in [6.45, 7) is 1.01. The highest BCUT2D eigenvalue weighted by atomic mass is 35.5. The van der Waals surface area contributed by atoms with Crippen molar-refractivity contribution in [2.24, 2.45) is 23.5 Å². The van der Waals surface area contributed by atoms with E-state index in [1.54, 1.807) is 0 Å². The Labute approximate surface area is 125 Å². The second-order valence-electron chi connectivity index (χ2n) is 5.44. The molecule has 0 heterocycles. The average Bonchev–Trinajstić information content (AvgIpc) is 2.92. The summed E-state index contributed by atoms with van der Waals surface area (Å²) >= 11 is 0. The lowest BCUT2D eigenvalue weighted by molar-refractivity contribution is -0.118. The summed E-state index contributed by atoms with van der Waals surface area (Å²) in [6.07, 6.45) is 3.76. The first-order chi connectivity index (χ1) is 9.29. The molecule has 2 atom stereocenters. The largest absolute Gasteiger partial charge is 0.492 e. The molecule has 1 aromatic carbocycles. The molecule has 4 nitrogen and oxygen atoms in total. The van der Waals surface area contributed by atoms with Gasteiger partial charge in [0.2, 0.25) is 5.91 Å². The van der Waals surface area contributed by atoms with Crippen LogP contribution in [0.25, 0.3) is 0 Å². The number of benzene rings is 1. The van der Waals surface area contributed by atoms with Gasteiger partial charge in [0.1, 0.15) is 12.4 Å². The molecule has 2 unspecified atom stereocenters. The number of carbonyl (C=O) groups is 1. The number of hydrogen-bond donors (Lipinski definition) is 2. The summed E-state index contributed by atoms with van der Waals surface area (Å²) < 4.78 is 5.40. The Morgan fingerprint density at radius 2 is 1.90 bits per heavy atom. The Morgan fingerprint density at radius 1 is 1.25 bits per heavy atom. The number of nitrogens with one attached hydrogen (secondary N) is 1. The van der Waals surface area contributed by atoms with E-state index in [4.69, 9.17) is 10.5 Å². The quantitative estimate of drug-likeness (QED) is 0.877. The Morgan fingerprint density at radius 3 is 2.50 bits per heavy atom. The van der Waals surface area contributed by atoms with Crippen molar-refractivity contribution in [2.45, 2.75) is 19.3 Å². The number of fused-ring (bicyclic) bond motifs is 1. The second-order valence-corrected chi connectivity index (χ2v) is 5.44. The zero-order chi connectivity index (χ0) is 13.2. The SMILES string of the molecule is Cl.NCCOc1ccc(NC(=O)C2C3CCCC32)cc1. The molecule has 0 bridgehead atoms. The van der Waals surface area contributed by atoms with E-state index >= 15 is 0 Å². The van der Waals surface area contributed by atoms with Crippen LogP contribution in [0.1, 0.15) is 19.3 Å². The summed E-state index contributed by atoms with van der Waals surface area (Å²) in [6, 6.07) is 7.47. The Balaban J connectivity index is 0.00000147. The smallest absolute Gasteiger partial charge is 0.228 e. The van der Waals surface area contributed by atoms with Gasteiger partial charge >= 0.3 is 0 Å². The van der Waals surface area contributed by atoms with Gasteiger partial charge in [0.25, 0.3) is 0 Å². The summed E-state index contributed by atoms with van der Waals surface area (Å²) in [5.74, 6) is 2.55. The summed E-state index contributed by atoms with van der Waals surface area (Å²) in [4.78, 5) is 12.1. The van der Waals surface area contributed by atoms with Gasteiger partial charge in [-0.25, -0.2) is 0 Å². The van der Waals surface area contributed by atoms with Crippen LogP contribution in [0, 0.1) is 17.8 Å². The third-order valence-corrected chi connectivity index (χ3v) is 4.22. The first-order valence-electron chi connectivity index (χ1n) is 7.03. The van der Waals surface area contributed by atoms with Gasteiger partial charge in [0.05, 0.1) is 0 Å². The molecule has 2 aliphatic carbocycles. The molecule has 3 N–H and O–H groups in total. The zero-order valence-electron chi connectivity index (χ0n) is 11.4. The van der Waals surface area contributed by atoms with Gasteiger partial charge in [-0.15, -0.1) is 12.4 Å². The summed E-state index contributed by atoms with van der Waals surface area (Å²) in [7, 11) is 0. The van der Waals surface area contributed by atoms with E-state index in [1.807, 2.05) is 24.3 Å². The second kappa shape index (κ2) is 6.46. The molecule has 2 aliphatic rings. The monoisotopic (exact) mass is 296 g/mol. The van der Waals surface area contributed by atoms with E-state index in [9.17, 15) is 4.79 Å². The Kier molecular flexibility index (Phi) is 4.89. The highest BCUT2D eigenvalue weighted by Crippen LogP contribution is 2.57. The molecule has 110 valence electrons. The molecule has 0 aromatic heterocycles. The highest BCUT2D eigenvalue weighted by Gasteiger charge is 2.56. The zero-order valence-corrected chi connectivity index (χ0v) is 12.2. The van der Waals surface area contributed by atoms with Crippen molar-refractivity contribution in [1.82, 2.24) is 0 Å². The minimum atomic E-state index is 0. The maximum Gasteiger partial charge on any atom is 0.228 e. The fourth-order valence-corrected chi connectivity index (χ4v) is 3.25. The lowest BCUT2D eigenvalue weighted by Crippen LogP contribution is -2.16. The van der Waals surface area contributed by atoms with Crippen LogP contribution in [0.2, 0.25) is 0 Å². The maximum absolute atomic E-state index is 12.1. The van der Waals surface area contributed by atoms with E-state index in [-0.39, 0.29) is 24.2 Å². The molecule has 0 aliphatic heterocycles. The van der Waals surface area contributed by atoms with E-state index in [0.717, 1.165) is 11.4 Å². The third kappa shape index (κ3) is 3.07.